The van der Waals surface area contributed by atoms with E-state index in [1.807, 2.05) is 13.8 Å². The van der Waals surface area contributed by atoms with Crippen LogP contribution >= 0.6 is 11.3 Å². The molecule has 0 saturated heterocycles. The van der Waals surface area contributed by atoms with Crippen LogP contribution in [0, 0.1) is 0 Å². The lowest BCUT2D eigenvalue weighted by Gasteiger charge is -2.26. The van der Waals surface area contributed by atoms with Crippen LogP contribution in [0.3, 0.4) is 0 Å². The summed E-state index contributed by atoms with van der Waals surface area (Å²) in [7, 11) is -2.18. The fraction of sp³-hybridized carbons (Fsp3) is 0.583. The van der Waals surface area contributed by atoms with E-state index in [0.717, 1.165) is 24.2 Å². The normalized spacial score (nSPS) is 12.4. The third-order valence-electron chi connectivity index (χ3n) is 3.39. The summed E-state index contributed by atoms with van der Waals surface area (Å²) in [5.41, 5.74) is 5.68. The molecule has 0 aliphatic carbocycles. The second-order valence-corrected chi connectivity index (χ2v) is 7.40. The predicted octanol–water partition coefficient (Wildman–Crippen LogP) is 0.904. The molecule has 0 fully saturated rings. The molecule has 1 aromatic heterocycles. The minimum atomic E-state index is -3.51. The van der Waals surface area contributed by atoms with Crippen LogP contribution in [0.2, 0.25) is 0 Å². The van der Waals surface area contributed by atoms with Gasteiger partial charge in [-0.25, -0.2) is 13.1 Å². The van der Waals surface area contributed by atoms with Crippen molar-refractivity contribution in [2.24, 2.45) is 5.73 Å². The molecule has 0 unspecified atom stereocenters. The Bertz CT molecular complexity index is 562. The maximum absolute atomic E-state index is 12.0. The zero-order chi connectivity index (χ0) is 15.4. The van der Waals surface area contributed by atoms with Crippen molar-refractivity contribution in [3.8, 4) is 0 Å². The fourth-order valence-corrected chi connectivity index (χ4v) is 3.46. The molecule has 4 N–H and O–H groups in total. The van der Waals surface area contributed by atoms with Gasteiger partial charge >= 0.3 is 0 Å². The van der Waals surface area contributed by atoms with Crippen molar-refractivity contribution in [2.75, 3.05) is 13.6 Å². The van der Waals surface area contributed by atoms with E-state index in [9.17, 15) is 13.2 Å². The first-order chi connectivity index (χ1) is 9.28. The fourth-order valence-electron chi connectivity index (χ4n) is 1.54. The summed E-state index contributed by atoms with van der Waals surface area (Å²) < 4.78 is 25.4. The maximum atomic E-state index is 12.0. The second-order valence-electron chi connectivity index (χ2n) is 4.61. The molecule has 0 bridgehead atoms. The topological polar surface area (TPSA) is 101 Å². The zero-order valence-electron chi connectivity index (χ0n) is 11.9. The summed E-state index contributed by atoms with van der Waals surface area (Å²) in [6.45, 7) is 4.31. The van der Waals surface area contributed by atoms with E-state index < -0.39 is 15.6 Å². The van der Waals surface area contributed by atoms with Crippen molar-refractivity contribution in [1.29, 1.82) is 0 Å². The molecule has 0 radical (unpaired) electrons. The number of rotatable bonds is 7. The average molecular weight is 319 g/mol. The van der Waals surface area contributed by atoms with Gasteiger partial charge in [0.15, 0.2) is 0 Å². The van der Waals surface area contributed by atoms with Crippen LogP contribution in [0.1, 0.15) is 36.4 Å². The number of amides is 1. The molecular weight excluding hydrogens is 298 g/mol. The Morgan fingerprint density at radius 1 is 1.40 bits per heavy atom. The highest BCUT2D eigenvalue weighted by Gasteiger charge is 2.22. The first-order valence-electron chi connectivity index (χ1n) is 6.37. The maximum Gasteiger partial charge on any atom is 0.261 e. The van der Waals surface area contributed by atoms with Gasteiger partial charge in [-0.15, -0.1) is 11.3 Å². The van der Waals surface area contributed by atoms with Gasteiger partial charge in [0.2, 0.25) is 10.0 Å². The molecule has 0 saturated carbocycles. The number of nitrogens with one attached hydrogen (secondary N) is 2. The highest BCUT2D eigenvalue weighted by molar-refractivity contribution is 7.89. The smallest absolute Gasteiger partial charge is 0.261 e. The van der Waals surface area contributed by atoms with Crippen molar-refractivity contribution in [2.45, 2.75) is 37.1 Å². The summed E-state index contributed by atoms with van der Waals surface area (Å²) in [4.78, 5) is 12.4. The Hall–Kier alpha value is -0.960. The van der Waals surface area contributed by atoms with Crippen LogP contribution in [0.5, 0.6) is 0 Å². The molecule has 1 aromatic rings. The van der Waals surface area contributed by atoms with Gasteiger partial charge in [0, 0.05) is 17.5 Å². The van der Waals surface area contributed by atoms with Crippen LogP contribution in [-0.2, 0) is 10.0 Å². The van der Waals surface area contributed by atoms with Gasteiger partial charge in [-0.1, -0.05) is 13.8 Å². The van der Waals surface area contributed by atoms with Gasteiger partial charge in [0.1, 0.15) is 0 Å². The van der Waals surface area contributed by atoms with Crippen molar-refractivity contribution in [3.63, 3.8) is 0 Å². The molecule has 20 heavy (non-hydrogen) atoms. The zero-order valence-corrected chi connectivity index (χ0v) is 13.5. The Morgan fingerprint density at radius 2 is 2.00 bits per heavy atom. The quantitative estimate of drug-likeness (QED) is 0.695. The summed E-state index contributed by atoms with van der Waals surface area (Å²) in [5, 5.41) is 4.20. The molecule has 114 valence electrons. The van der Waals surface area contributed by atoms with Gasteiger partial charge in [-0.05, 0) is 26.0 Å². The monoisotopic (exact) mass is 319 g/mol. The summed E-state index contributed by atoms with van der Waals surface area (Å²) in [6, 6.07) is 1.36. The van der Waals surface area contributed by atoms with Crippen LogP contribution in [-0.4, -0.2) is 33.5 Å². The Morgan fingerprint density at radius 3 is 2.50 bits per heavy atom. The van der Waals surface area contributed by atoms with Gasteiger partial charge < -0.3 is 11.1 Å². The predicted molar refractivity (Wildman–Crippen MR) is 80.4 cm³/mol. The lowest BCUT2D eigenvalue weighted by Crippen LogP contribution is -2.49. The molecule has 8 heteroatoms. The Balaban J connectivity index is 2.75. The van der Waals surface area contributed by atoms with E-state index in [-0.39, 0.29) is 10.8 Å². The van der Waals surface area contributed by atoms with Gasteiger partial charge in [0.05, 0.1) is 9.77 Å². The molecule has 1 amide bonds. The van der Waals surface area contributed by atoms with E-state index in [2.05, 4.69) is 10.0 Å². The van der Waals surface area contributed by atoms with E-state index in [1.54, 1.807) is 0 Å². The second kappa shape index (κ2) is 6.66. The summed E-state index contributed by atoms with van der Waals surface area (Å²) in [6.07, 6.45) is 1.52. The Kier molecular flexibility index (Phi) is 5.69. The van der Waals surface area contributed by atoms with Gasteiger partial charge in [0.25, 0.3) is 5.91 Å². The lowest BCUT2D eigenvalue weighted by molar-refractivity contribution is 0.0946. The Labute approximate surface area is 123 Å². The van der Waals surface area contributed by atoms with E-state index in [4.69, 9.17) is 5.73 Å². The largest absolute Gasteiger partial charge is 0.349 e. The molecule has 0 aliphatic heterocycles. The highest BCUT2D eigenvalue weighted by Crippen LogP contribution is 2.19. The number of nitrogens with two attached hydrogens (primary N) is 1. The molecule has 0 spiro atoms. The minimum absolute atomic E-state index is 0.0974. The van der Waals surface area contributed by atoms with Gasteiger partial charge in [-0.2, -0.15) is 0 Å². The van der Waals surface area contributed by atoms with Crippen LogP contribution in [0.15, 0.2) is 16.3 Å². The number of carbonyl (C=O) groups excluding carboxylic acids is 1. The number of carbonyl (C=O) groups is 1. The number of thiophene rings is 1. The molecular formula is C12H21N3O3S2. The van der Waals surface area contributed by atoms with Gasteiger partial charge in [-0.3, -0.25) is 4.79 Å². The number of sulfonamides is 1. The van der Waals surface area contributed by atoms with E-state index >= 15 is 0 Å². The van der Waals surface area contributed by atoms with Crippen molar-refractivity contribution >= 4 is 27.3 Å². The third-order valence-corrected chi connectivity index (χ3v) is 5.86. The summed E-state index contributed by atoms with van der Waals surface area (Å²) >= 11 is 1.09. The number of hydrogen-bond donors (Lipinski definition) is 3. The molecule has 1 rings (SSSR count). The lowest BCUT2D eigenvalue weighted by atomic mass is 9.94. The molecule has 6 nitrogen and oxygen atoms in total. The number of hydrogen-bond acceptors (Lipinski definition) is 5. The van der Waals surface area contributed by atoms with Crippen molar-refractivity contribution < 1.29 is 13.2 Å². The first-order valence-corrected chi connectivity index (χ1v) is 8.73. The molecule has 1 heterocycles. The molecule has 0 aliphatic rings. The van der Waals surface area contributed by atoms with E-state index in [0.29, 0.717) is 11.4 Å². The highest BCUT2D eigenvalue weighted by atomic mass is 32.2. The standard InChI is InChI=1S/C12H21N3O3S2/c1-4-12(13,5-2)8-15-11(16)10-6-9(7-19-10)20(17,18)14-3/h6-7,14H,4-5,8,13H2,1-3H3,(H,15,16). The molecule has 0 aromatic carbocycles. The van der Waals surface area contributed by atoms with E-state index in [1.165, 1.54) is 18.5 Å². The van der Waals surface area contributed by atoms with Crippen molar-refractivity contribution in [3.05, 3.63) is 16.3 Å². The third kappa shape index (κ3) is 4.02. The van der Waals surface area contributed by atoms with Crippen LogP contribution in [0.25, 0.3) is 0 Å². The molecule has 0 atom stereocenters. The van der Waals surface area contributed by atoms with Crippen LogP contribution in [0.4, 0.5) is 0 Å². The first kappa shape index (κ1) is 17.1. The van der Waals surface area contributed by atoms with Crippen LogP contribution < -0.4 is 15.8 Å². The minimum Gasteiger partial charge on any atom is -0.349 e. The average Bonchev–Trinajstić information content (AvgIpc) is 2.95. The summed E-state index contributed by atoms with van der Waals surface area (Å²) in [5.74, 6) is -0.302. The van der Waals surface area contributed by atoms with Crippen molar-refractivity contribution in [1.82, 2.24) is 10.0 Å². The SMILES string of the molecule is CCC(N)(CC)CNC(=O)c1cc(S(=O)(=O)NC)cs1.